The summed E-state index contributed by atoms with van der Waals surface area (Å²) in [6.07, 6.45) is 1.68. The SMILES string of the molecule is CC(=O)c1ccccc1C(=O)c1ccc[nH]1. The van der Waals surface area contributed by atoms with E-state index in [4.69, 9.17) is 0 Å². The highest BCUT2D eigenvalue weighted by atomic mass is 16.1. The minimum absolute atomic E-state index is 0.101. The zero-order valence-electron chi connectivity index (χ0n) is 8.86. The number of benzene rings is 1. The van der Waals surface area contributed by atoms with Gasteiger partial charge in [-0.05, 0) is 19.1 Å². The zero-order valence-corrected chi connectivity index (χ0v) is 8.86. The van der Waals surface area contributed by atoms with Crippen molar-refractivity contribution < 1.29 is 9.59 Å². The summed E-state index contributed by atoms with van der Waals surface area (Å²) < 4.78 is 0. The molecule has 80 valence electrons. The molecule has 0 bridgehead atoms. The molecular formula is C13H11NO2. The standard InChI is InChI=1S/C13H11NO2/c1-9(15)10-5-2-3-6-11(10)13(16)12-7-4-8-14-12/h2-8,14H,1H3. The van der Waals surface area contributed by atoms with Crippen LogP contribution in [0.4, 0.5) is 0 Å². The Hall–Kier alpha value is -2.16. The third kappa shape index (κ3) is 1.80. The van der Waals surface area contributed by atoms with Crippen molar-refractivity contribution in [3.63, 3.8) is 0 Å². The van der Waals surface area contributed by atoms with Crippen molar-refractivity contribution in [3.05, 3.63) is 59.4 Å². The minimum atomic E-state index is -0.157. The topological polar surface area (TPSA) is 49.9 Å². The van der Waals surface area contributed by atoms with Crippen LogP contribution >= 0.6 is 0 Å². The Kier molecular flexibility index (Phi) is 2.68. The van der Waals surface area contributed by atoms with Crippen molar-refractivity contribution >= 4 is 11.6 Å². The lowest BCUT2D eigenvalue weighted by Crippen LogP contribution is -2.08. The molecule has 0 aliphatic heterocycles. The van der Waals surface area contributed by atoms with Crippen LogP contribution in [0.2, 0.25) is 0 Å². The Balaban J connectivity index is 2.49. The van der Waals surface area contributed by atoms with Gasteiger partial charge in [-0.2, -0.15) is 0 Å². The van der Waals surface area contributed by atoms with Crippen LogP contribution in [0.3, 0.4) is 0 Å². The second-order valence-electron chi connectivity index (χ2n) is 3.51. The highest BCUT2D eigenvalue weighted by molar-refractivity contribution is 6.14. The predicted octanol–water partition coefficient (Wildman–Crippen LogP) is 2.45. The lowest BCUT2D eigenvalue weighted by molar-refractivity contribution is 0.0989. The molecule has 1 aromatic heterocycles. The van der Waals surface area contributed by atoms with Crippen LogP contribution in [0.1, 0.15) is 33.3 Å². The number of ketones is 2. The Morgan fingerprint density at radius 3 is 2.25 bits per heavy atom. The zero-order chi connectivity index (χ0) is 11.5. The van der Waals surface area contributed by atoms with E-state index in [-0.39, 0.29) is 11.6 Å². The molecule has 2 aromatic rings. The number of rotatable bonds is 3. The second kappa shape index (κ2) is 4.14. The number of Topliss-reactive ketones (excluding diaryl/α,β-unsaturated/α-hetero) is 1. The molecular weight excluding hydrogens is 202 g/mol. The summed E-state index contributed by atoms with van der Waals surface area (Å²) in [6, 6.07) is 10.3. The molecule has 0 unspecified atom stereocenters. The van der Waals surface area contributed by atoms with Crippen molar-refractivity contribution in [2.45, 2.75) is 6.92 Å². The molecule has 0 saturated heterocycles. The van der Waals surface area contributed by atoms with Crippen LogP contribution in [0.5, 0.6) is 0 Å². The molecule has 0 atom stereocenters. The van der Waals surface area contributed by atoms with Gasteiger partial charge in [-0.25, -0.2) is 0 Å². The van der Waals surface area contributed by atoms with Crippen LogP contribution in [0.15, 0.2) is 42.6 Å². The fraction of sp³-hybridized carbons (Fsp3) is 0.0769. The van der Waals surface area contributed by atoms with Gasteiger partial charge in [-0.15, -0.1) is 0 Å². The number of aromatic nitrogens is 1. The number of hydrogen-bond donors (Lipinski definition) is 1. The molecule has 0 fully saturated rings. The first-order chi connectivity index (χ1) is 7.70. The molecule has 0 spiro atoms. The van der Waals surface area contributed by atoms with E-state index in [0.29, 0.717) is 16.8 Å². The van der Waals surface area contributed by atoms with Gasteiger partial charge in [-0.1, -0.05) is 24.3 Å². The van der Waals surface area contributed by atoms with Crippen molar-refractivity contribution in [1.82, 2.24) is 4.98 Å². The minimum Gasteiger partial charge on any atom is -0.359 e. The average Bonchev–Trinajstić information content (AvgIpc) is 2.81. The number of carbonyl (C=O) groups excluding carboxylic acids is 2. The van der Waals surface area contributed by atoms with E-state index >= 15 is 0 Å². The van der Waals surface area contributed by atoms with Crippen molar-refractivity contribution in [2.24, 2.45) is 0 Å². The van der Waals surface area contributed by atoms with E-state index in [2.05, 4.69) is 4.98 Å². The fourth-order valence-corrected chi connectivity index (χ4v) is 1.60. The van der Waals surface area contributed by atoms with Gasteiger partial charge < -0.3 is 4.98 Å². The largest absolute Gasteiger partial charge is 0.359 e. The van der Waals surface area contributed by atoms with Gasteiger partial charge in [0.05, 0.1) is 5.69 Å². The lowest BCUT2D eigenvalue weighted by Gasteiger charge is -2.04. The molecule has 0 amide bonds. The molecule has 1 N–H and O–H groups in total. The van der Waals surface area contributed by atoms with Crippen molar-refractivity contribution in [2.75, 3.05) is 0 Å². The number of carbonyl (C=O) groups is 2. The molecule has 0 aliphatic rings. The van der Waals surface area contributed by atoms with E-state index < -0.39 is 0 Å². The van der Waals surface area contributed by atoms with Gasteiger partial charge in [-0.3, -0.25) is 9.59 Å². The molecule has 0 aliphatic carbocycles. The van der Waals surface area contributed by atoms with Gasteiger partial charge in [0.1, 0.15) is 0 Å². The van der Waals surface area contributed by atoms with Gasteiger partial charge >= 0.3 is 0 Å². The Morgan fingerprint density at radius 2 is 1.69 bits per heavy atom. The first-order valence-electron chi connectivity index (χ1n) is 4.98. The monoisotopic (exact) mass is 213 g/mol. The van der Waals surface area contributed by atoms with Gasteiger partial charge in [0.2, 0.25) is 5.78 Å². The predicted molar refractivity (Wildman–Crippen MR) is 60.7 cm³/mol. The molecule has 3 heteroatoms. The van der Waals surface area contributed by atoms with Crippen molar-refractivity contribution in [1.29, 1.82) is 0 Å². The second-order valence-corrected chi connectivity index (χ2v) is 3.51. The van der Waals surface area contributed by atoms with E-state index in [1.165, 1.54) is 6.92 Å². The first-order valence-corrected chi connectivity index (χ1v) is 4.98. The first kappa shape index (κ1) is 10.4. The summed E-state index contributed by atoms with van der Waals surface area (Å²) >= 11 is 0. The van der Waals surface area contributed by atoms with Crippen LogP contribution in [-0.4, -0.2) is 16.6 Å². The Morgan fingerprint density at radius 1 is 1.00 bits per heavy atom. The highest BCUT2D eigenvalue weighted by Gasteiger charge is 2.15. The number of H-pyrrole nitrogens is 1. The van der Waals surface area contributed by atoms with Crippen LogP contribution < -0.4 is 0 Å². The summed E-state index contributed by atoms with van der Waals surface area (Å²) in [5.41, 5.74) is 1.40. The Labute approximate surface area is 93.1 Å². The van der Waals surface area contributed by atoms with E-state index in [1.54, 1.807) is 42.6 Å². The van der Waals surface area contributed by atoms with E-state index in [9.17, 15) is 9.59 Å². The summed E-state index contributed by atoms with van der Waals surface area (Å²) in [4.78, 5) is 26.3. The maximum atomic E-state index is 12.0. The van der Waals surface area contributed by atoms with Gasteiger partial charge in [0.25, 0.3) is 0 Å². The highest BCUT2D eigenvalue weighted by Crippen LogP contribution is 2.14. The number of aromatic amines is 1. The van der Waals surface area contributed by atoms with Crippen LogP contribution in [0, 0.1) is 0 Å². The molecule has 2 rings (SSSR count). The van der Waals surface area contributed by atoms with E-state index in [0.717, 1.165) is 0 Å². The molecule has 1 aromatic carbocycles. The summed E-state index contributed by atoms with van der Waals surface area (Å²) in [5.74, 6) is -0.258. The molecule has 1 heterocycles. The summed E-state index contributed by atoms with van der Waals surface area (Å²) in [7, 11) is 0. The summed E-state index contributed by atoms with van der Waals surface area (Å²) in [6.45, 7) is 1.46. The smallest absolute Gasteiger partial charge is 0.209 e. The number of nitrogens with one attached hydrogen (secondary N) is 1. The van der Waals surface area contributed by atoms with Crippen molar-refractivity contribution in [3.8, 4) is 0 Å². The summed E-state index contributed by atoms with van der Waals surface area (Å²) in [5, 5.41) is 0. The van der Waals surface area contributed by atoms with Gasteiger partial charge in [0.15, 0.2) is 5.78 Å². The third-order valence-corrected chi connectivity index (χ3v) is 2.39. The Bertz CT molecular complexity index is 527. The third-order valence-electron chi connectivity index (χ3n) is 2.39. The average molecular weight is 213 g/mol. The van der Waals surface area contributed by atoms with Crippen LogP contribution in [0.25, 0.3) is 0 Å². The maximum absolute atomic E-state index is 12.0. The number of hydrogen-bond acceptors (Lipinski definition) is 2. The lowest BCUT2D eigenvalue weighted by atomic mass is 9.99. The van der Waals surface area contributed by atoms with Crippen LogP contribution in [-0.2, 0) is 0 Å². The molecule has 0 radical (unpaired) electrons. The van der Waals surface area contributed by atoms with Gasteiger partial charge in [0, 0.05) is 17.3 Å². The molecule has 3 nitrogen and oxygen atoms in total. The molecule has 16 heavy (non-hydrogen) atoms. The van der Waals surface area contributed by atoms with E-state index in [1.807, 2.05) is 0 Å². The maximum Gasteiger partial charge on any atom is 0.209 e. The molecule has 0 saturated carbocycles. The fourth-order valence-electron chi connectivity index (χ4n) is 1.60. The quantitative estimate of drug-likeness (QED) is 0.796. The normalized spacial score (nSPS) is 10.1.